The highest BCUT2D eigenvalue weighted by Crippen LogP contribution is 2.33. The number of carbonyl (C=O) groups excluding carboxylic acids is 1. The van der Waals surface area contributed by atoms with Gasteiger partial charge in [0.1, 0.15) is 5.82 Å². The molecular formula is C22H26IN7O2S. The van der Waals surface area contributed by atoms with E-state index in [1.54, 1.807) is 16.0 Å². The van der Waals surface area contributed by atoms with Crippen molar-refractivity contribution in [2.24, 2.45) is 0 Å². The van der Waals surface area contributed by atoms with Gasteiger partial charge in [0.25, 0.3) is 0 Å². The molecule has 0 radical (unpaired) electrons. The lowest BCUT2D eigenvalue weighted by molar-refractivity contribution is -0.129. The normalized spacial score (nSPS) is 18.9. The van der Waals surface area contributed by atoms with Gasteiger partial charge in [-0.1, -0.05) is 0 Å². The number of aliphatic hydroxyl groups is 1. The van der Waals surface area contributed by atoms with E-state index in [0.29, 0.717) is 12.5 Å². The summed E-state index contributed by atoms with van der Waals surface area (Å²) in [6, 6.07) is 10.3. The molecule has 33 heavy (non-hydrogen) atoms. The van der Waals surface area contributed by atoms with Crippen molar-refractivity contribution >= 4 is 70.4 Å². The third-order valence-corrected chi connectivity index (χ3v) is 7.96. The number of hydrogen-bond acceptors (Lipinski definition) is 8. The van der Waals surface area contributed by atoms with Crippen LogP contribution < -0.4 is 15.1 Å². The number of hydrogen-bond donors (Lipinski definition) is 2. The second kappa shape index (κ2) is 9.55. The largest absolute Gasteiger partial charge is 0.391 e. The fourth-order valence-electron chi connectivity index (χ4n) is 4.43. The second-order valence-corrected chi connectivity index (χ2v) is 10.1. The van der Waals surface area contributed by atoms with Crippen molar-refractivity contribution in [2.45, 2.75) is 19.4 Å². The van der Waals surface area contributed by atoms with Crippen molar-refractivity contribution < 1.29 is 9.90 Å². The monoisotopic (exact) mass is 579 g/mol. The maximum Gasteiger partial charge on any atom is 0.231 e. The van der Waals surface area contributed by atoms with Crippen LogP contribution in [0.15, 0.2) is 36.5 Å². The first-order valence-corrected chi connectivity index (χ1v) is 14.3. The fourth-order valence-corrected chi connectivity index (χ4v) is 5.69. The maximum atomic E-state index is 11.6. The molecule has 174 valence electrons. The van der Waals surface area contributed by atoms with Crippen LogP contribution in [0.4, 0.5) is 23.1 Å². The molecule has 0 saturated carbocycles. The number of amides is 1. The Labute approximate surface area is 208 Å². The standard InChI is InChI=1S/C22H26IN7O2S/c1-15(31)27-10-12-28(13-11-27)17-4-2-16(3-5-17)24-22-25-20(29-8-6-18(32)14-29)19-7-9-30(33-23)21(19)26-22/h2-5,7,9,18,32H,6,8,10-14H2,1H3,(H,24,25,26)/t18-/m0/s1. The van der Waals surface area contributed by atoms with Crippen LogP contribution in [0, 0.1) is 0 Å². The maximum absolute atomic E-state index is 11.6. The Hall–Kier alpha value is -2.25. The topological polar surface area (TPSA) is 89.8 Å². The van der Waals surface area contributed by atoms with E-state index in [9.17, 15) is 9.90 Å². The number of β-amino-alcohol motifs (C(OH)–C–C–N with tert-alkyl or cyclic N) is 1. The molecule has 2 N–H and O–H groups in total. The minimum atomic E-state index is -0.322. The van der Waals surface area contributed by atoms with Crippen molar-refractivity contribution in [3.8, 4) is 0 Å². The zero-order valence-electron chi connectivity index (χ0n) is 18.3. The van der Waals surface area contributed by atoms with Crippen molar-refractivity contribution in [2.75, 3.05) is 54.4 Å². The molecule has 1 atom stereocenters. The van der Waals surface area contributed by atoms with E-state index >= 15 is 0 Å². The minimum absolute atomic E-state index is 0.140. The second-order valence-electron chi connectivity index (χ2n) is 8.37. The smallest absolute Gasteiger partial charge is 0.231 e. The first kappa shape index (κ1) is 22.5. The van der Waals surface area contributed by atoms with Gasteiger partial charge in [-0.3, -0.25) is 8.77 Å². The predicted molar refractivity (Wildman–Crippen MR) is 142 cm³/mol. The molecule has 0 unspecified atom stereocenters. The number of benzene rings is 1. The van der Waals surface area contributed by atoms with Crippen molar-refractivity contribution in [1.29, 1.82) is 0 Å². The number of aromatic nitrogens is 3. The summed E-state index contributed by atoms with van der Waals surface area (Å²) in [5.41, 5.74) is 2.90. The highest BCUT2D eigenvalue weighted by atomic mass is 127. The number of halogens is 1. The molecule has 11 heteroatoms. The van der Waals surface area contributed by atoms with Crippen LogP contribution >= 0.6 is 30.3 Å². The molecule has 9 nitrogen and oxygen atoms in total. The summed E-state index contributed by atoms with van der Waals surface area (Å²) < 4.78 is 2.02. The predicted octanol–water partition coefficient (Wildman–Crippen LogP) is 3.26. The van der Waals surface area contributed by atoms with E-state index in [2.05, 4.69) is 48.5 Å². The molecule has 2 fully saturated rings. The molecule has 0 spiro atoms. The van der Waals surface area contributed by atoms with Gasteiger partial charge in [0.05, 0.1) is 11.5 Å². The van der Waals surface area contributed by atoms with Crippen molar-refractivity contribution in [3.63, 3.8) is 0 Å². The van der Waals surface area contributed by atoms with E-state index in [0.717, 1.165) is 67.4 Å². The Morgan fingerprint density at radius 1 is 1.09 bits per heavy atom. The van der Waals surface area contributed by atoms with Gasteiger partial charge in [-0.15, -0.1) is 0 Å². The van der Waals surface area contributed by atoms with Gasteiger partial charge in [-0.25, -0.2) is 0 Å². The molecule has 1 amide bonds. The summed E-state index contributed by atoms with van der Waals surface area (Å²) in [6.45, 7) is 6.17. The van der Waals surface area contributed by atoms with Crippen LogP contribution in [-0.4, -0.2) is 75.2 Å². The van der Waals surface area contributed by atoms with Crippen LogP contribution in [0.1, 0.15) is 13.3 Å². The highest BCUT2D eigenvalue weighted by molar-refractivity contribution is 14.2. The molecule has 2 aliphatic heterocycles. The average Bonchev–Trinajstić information content (AvgIpc) is 3.45. The summed E-state index contributed by atoms with van der Waals surface area (Å²) in [4.78, 5) is 27.5. The Bertz CT molecular complexity index is 1150. The van der Waals surface area contributed by atoms with Crippen molar-refractivity contribution in [1.82, 2.24) is 18.8 Å². The van der Waals surface area contributed by atoms with Gasteiger partial charge < -0.3 is 25.1 Å². The summed E-state index contributed by atoms with van der Waals surface area (Å²) in [5.74, 6) is 1.52. The third-order valence-electron chi connectivity index (χ3n) is 6.24. The van der Waals surface area contributed by atoms with Gasteiger partial charge in [0, 0.05) is 94.1 Å². The van der Waals surface area contributed by atoms with Crippen LogP contribution in [0.25, 0.3) is 11.0 Å². The molecule has 0 bridgehead atoms. The Balaban J connectivity index is 1.36. The number of nitrogens with zero attached hydrogens (tertiary/aromatic N) is 6. The van der Waals surface area contributed by atoms with E-state index < -0.39 is 0 Å². The summed E-state index contributed by atoms with van der Waals surface area (Å²) >= 11 is 2.24. The lowest BCUT2D eigenvalue weighted by Crippen LogP contribution is -2.48. The lowest BCUT2D eigenvalue weighted by Gasteiger charge is -2.35. The van der Waals surface area contributed by atoms with Crippen LogP contribution in [0.3, 0.4) is 0 Å². The molecular weight excluding hydrogens is 553 g/mol. The average molecular weight is 579 g/mol. The Morgan fingerprint density at radius 2 is 1.85 bits per heavy atom. The van der Waals surface area contributed by atoms with Gasteiger partial charge >= 0.3 is 0 Å². The summed E-state index contributed by atoms with van der Waals surface area (Å²) in [6.07, 6.45) is 2.42. The van der Waals surface area contributed by atoms with Crippen molar-refractivity contribution in [3.05, 3.63) is 36.5 Å². The van der Waals surface area contributed by atoms with Gasteiger partial charge in [0.15, 0.2) is 5.65 Å². The fraction of sp³-hybridized carbons (Fsp3) is 0.409. The van der Waals surface area contributed by atoms with Crippen LogP contribution in [0.5, 0.6) is 0 Å². The quantitative estimate of drug-likeness (QED) is 0.446. The minimum Gasteiger partial charge on any atom is -0.391 e. The number of anilines is 4. The SMILES string of the molecule is CC(=O)N1CCN(c2ccc(Nc3nc(N4CC[C@H](O)C4)c4ccn(SI)c4n3)cc2)CC1. The number of piperazine rings is 1. The zero-order chi connectivity index (χ0) is 22.9. The van der Waals surface area contributed by atoms with E-state index in [1.165, 1.54) is 0 Å². The molecule has 2 aliphatic rings. The van der Waals surface area contributed by atoms with E-state index in [-0.39, 0.29) is 12.0 Å². The van der Waals surface area contributed by atoms with E-state index in [4.69, 9.17) is 9.97 Å². The number of carbonyl (C=O) groups is 1. The first-order chi connectivity index (χ1) is 16.0. The lowest BCUT2D eigenvalue weighted by atomic mass is 10.2. The van der Waals surface area contributed by atoms with Crippen LogP contribution in [0.2, 0.25) is 0 Å². The van der Waals surface area contributed by atoms with E-state index in [1.807, 2.05) is 33.3 Å². The Kier molecular flexibility index (Phi) is 6.52. The molecule has 5 rings (SSSR count). The Morgan fingerprint density at radius 3 is 2.48 bits per heavy atom. The molecule has 4 heterocycles. The number of rotatable bonds is 5. The number of nitrogens with one attached hydrogen (secondary N) is 1. The first-order valence-electron chi connectivity index (χ1n) is 11.0. The summed E-state index contributed by atoms with van der Waals surface area (Å²) in [5, 5.41) is 14.4. The van der Waals surface area contributed by atoms with Gasteiger partial charge in [-0.2, -0.15) is 9.97 Å². The van der Waals surface area contributed by atoms with Crippen LogP contribution in [-0.2, 0) is 4.79 Å². The summed E-state index contributed by atoms with van der Waals surface area (Å²) in [7, 11) is 1.56. The zero-order valence-corrected chi connectivity index (χ0v) is 21.3. The number of aliphatic hydroxyl groups excluding tert-OH is 1. The number of fused-ring (bicyclic) bond motifs is 1. The van der Waals surface area contributed by atoms with Gasteiger partial charge in [-0.05, 0) is 36.8 Å². The third kappa shape index (κ3) is 4.71. The molecule has 3 aromatic rings. The molecule has 0 aliphatic carbocycles. The van der Waals surface area contributed by atoms with Gasteiger partial charge in [0.2, 0.25) is 11.9 Å². The molecule has 2 saturated heterocycles. The highest BCUT2D eigenvalue weighted by Gasteiger charge is 2.25. The molecule has 2 aromatic heterocycles. The molecule has 1 aromatic carbocycles.